The molecule has 1 aliphatic heterocycles. The molecular weight excluding hydrogens is 146 g/mol. The molecule has 0 amide bonds. The molecule has 1 saturated heterocycles. The van der Waals surface area contributed by atoms with Crippen LogP contribution in [0.25, 0.3) is 0 Å². The highest BCUT2D eigenvalue weighted by molar-refractivity contribution is 5.26. The number of hydrogen-bond donors (Lipinski definition) is 1. The van der Waals surface area contributed by atoms with Gasteiger partial charge in [-0.1, -0.05) is 36.8 Å². The van der Waals surface area contributed by atoms with E-state index < -0.39 is 0 Å². The maximum absolute atomic E-state index is 3.43. The topological polar surface area (TPSA) is 12.0 Å². The Morgan fingerprint density at radius 1 is 1.25 bits per heavy atom. The molecule has 0 radical (unpaired) electrons. The van der Waals surface area contributed by atoms with Gasteiger partial charge in [0.2, 0.25) is 0 Å². The van der Waals surface area contributed by atoms with Crippen molar-refractivity contribution in [3.8, 4) is 0 Å². The van der Waals surface area contributed by atoms with Crippen LogP contribution < -0.4 is 5.32 Å². The second-order valence-electron chi connectivity index (χ2n) is 3.77. The Hall–Kier alpha value is -0.820. The molecule has 1 heteroatoms. The first-order valence-electron chi connectivity index (χ1n) is 4.57. The fourth-order valence-corrected chi connectivity index (χ4v) is 1.69. The van der Waals surface area contributed by atoms with Crippen LogP contribution in [0.15, 0.2) is 24.3 Å². The van der Waals surface area contributed by atoms with Gasteiger partial charge in [-0.15, -0.1) is 0 Å². The van der Waals surface area contributed by atoms with Crippen molar-refractivity contribution in [3.63, 3.8) is 0 Å². The quantitative estimate of drug-likeness (QED) is 0.666. The fourth-order valence-electron chi connectivity index (χ4n) is 1.69. The van der Waals surface area contributed by atoms with E-state index in [1.165, 1.54) is 17.7 Å². The molecule has 1 nitrogen and oxygen atoms in total. The molecule has 2 atom stereocenters. The van der Waals surface area contributed by atoms with Crippen LogP contribution in [-0.4, -0.2) is 6.54 Å². The van der Waals surface area contributed by atoms with Crippen molar-refractivity contribution in [2.75, 3.05) is 6.54 Å². The summed E-state index contributed by atoms with van der Waals surface area (Å²) < 4.78 is 0. The van der Waals surface area contributed by atoms with Crippen LogP contribution in [0.4, 0.5) is 0 Å². The van der Waals surface area contributed by atoms with E-state index in [1.807, 2.05) is 0 Å². The van der Waals surface area contributed by atoms with E-state index >= 15 is 0 Å². The van der Waals surface area contributed by atoms with Crippen LogP contribution in [0.2, 0.25) is 0 Å². The third kappa shape index (κ3) is 1.25. The Kier molecular flexibility index (Phi) is 1.89. The van der Waals surface area contributed by atoms with Gasteiger partial charge < -0.3 is 5.32 Å². The van der Waals surface area contributed by atoms with Gasteiger partial charge in [-0.2, -0.15) is 0 Å². The number of hydrogen-bond acceptors (Lipinski definition) is 1. The summed E-state index contributed by atoms with van der Waals surface area (Å²) in [5, 5.41) is 3.43. The van der Waals surface area contributed by atoms with E-state index in [1.54, 1.807) is 0 Å². The lowest BCUT2D eigenvalue weighted by Crippen LogP contribution is -2.43. The van der Waals surface area contributed by atoms with Crippen LogP contribution in [0, 0.1) is 12.8 Å². The number of nitrogens with one attached hydrogen (secondary N) is 1. The molecule has 0 saturated carbocycles. The zero-order valence-corrected chi connectivity index (χ0v) is 7.67. The monoisotopic (exact) mass is 161 g/mol. The first-order valence-corrected chi connectivity index (χ1v) is 4.57. The molecule has 1 N–H and O–H groups in total. The summed E-state index contributed by atoms with van der Waals surface area (Å²) >= 11 is 0. The van der Waals surface area contributed by atoms with E-state index in [0.717, 1.165) is 5.92 Å². The zero-order valence-electron chi connectivity index (χ0n) is 7.67. The van der Waals surface area contributed by atoms with E-state index in [-0.39, 0.29) is 0 Å². The lowest BCUT2D eigenvalue weighted by molar-refractivity contribution is 0.258. The number of rotatable bonds is 1. The largest absolute Gasteiger partial charge is 0.309 e. The van der Waals surface area contributed by atoms with Crippen molar-refractivity contribution >= 4 is 0 Å². The number of benzene rings is 1. The van der Waals surface area contributed by atoms with E-state index in [0.29, 0.717) is 6.04 Å². The molecule has 1 aromatic carbocycles. The molecule has 1 fully saturated rings. The molecule has 1 heterocycles. The Labute approximate surface area is 73.8 Å². The smallest absolute Gasteiger partial charge is 0.0358 e. The van der Waals surface area contributed by atoms with Crippen molar-refractivity contribution in [3.05, 3.63) is 35.4 Å². The van der Waals surface area contributed by atoms with Gasteiger partial charge in [0, 0.05) is 12.6 Å². The summed E-state index contributed by atoms with van der Waals surface area (Å²) in [5.74, 6) is 0.799. The van der Waals surface area contributed by atoms with Crippen LogP contribution >= 0.6 is 0 Å². The minimum atomic E-state index is 0.602. The van der Waals surface area contributed by atoms with Crippen LogP contribution in [-0.2, 0) is 0 Å². The van der Waals surface area contributed by atoms with Crippen molar-refractivity contribution in [2.24, 2.45) is 5.92 Å². The molecule has 2 rings (SSSR count). The average Bonchev–Trinajstić information content (AvgIpc) is 2.06. The highest BCUT2D eigenvalue weighted by Crippen LogP contribution is 2.28. The predicted molar refractivity (Wildman–Crippen MR) is 51.1 cm³/mol. The normalized spacial score (nSPS) is 28.2. The average molecular weight is 161 g/mol. The SMILES string of the molecule is Cc1ccc(C2NCC2C)cc1. The summed E-state index contributed by atoms with van der Waals surface area (Å²) in [6.07, 6.45) is 0. The van der Waals surface area contributed by atoms with Crippen LogP contribution in [0.5, 0.6) is 0 Å². The second-order valence-corrected chi connectivity index (χ2v) is 3.77. The Morgan fingerprint density at radius 2 is 1.92 bits per heavy atom. The molecule has 64 valence electrons. The maximum atomic E-state index is 3.43. The first kappa shape index (κ1) is 7.81. The summed E-state index contributed by atoms with van der Waals surface area (Å²) in [5.41, 5.74) is 2.77. The summed E-state index contributed by atoms with van der Waals surface area (Å²) in [6.45, 7) is 5.58. The van der Waals surface area contributed by atoms with Crippen LogP contribution in [0.3, 0.4) is 0 Å². The van der Waals surface area contributed by atoms with Crippen molar-refractivity contribution in [2.45, 2.75) is 19.9 Å². The van der Waals surface area contributed by atoms with Gasteiger partial charge in [0.05, 0.1) is 0 Å². The summed E-state index contributed by atoms with van der Waals surface area (Å²) in [4.78, 5) is 0. The Balaban J connectivity index is 2.18. The lowest BCUT2D eigenvalue weighted by atomic mass is 9.87. The Morgan fingerprint density at radius 3 is 2.33 bits per heavy atom. The van der Waals surface area contributed by atoms with Gasteiger partial charge in [0.1, 0.15) is 0 Å². The predicted octanol–water partition coefficient (Wildman–Crippen LogP) is 2.28. The highest BCUT2D eigenvalue weighted by Gasteiger charge is 2.26. The lowest BCUT2D eigenvalue weighted by Gasteiger charge is -2.36. The van der Waals surface area contributed by atoms with Gasteiger partial charge in [0.25, 0.3) is 0 Å². The summed E-state index contributed by atoms with van der Waals surface area (Å²) in [7, 11) is 0. The van der Waals surface area contributed by atoms with E-state index in [4.69, 9.17) is 0 Å². The third-order valence-electron chi connectivity index (χ3n) is 2.67. The maximum Gasteiger partial charge on any atom is 0.0358 e. The molecule has 2 unspecified atom stereocenters. The zero-order chi connectivity index (χ0) is 8.55. The minimum absolute atomic E-state index is 0.602. The van der Waals surface area contributed by atoms with Crippen molar-refractivity contribution < 1.29 is 0 Å². The molecule has 1 aromatic rings. The molecule has 1 aliphatic rings. The van der Waals surface area contributed by atoms with Crippen molar-refractivity contribution in [1.82, 2.24) is 5.32 Å². The van der Waals surface area contributed by atoms with Crippen molar-refractivity contribution in [1.29, 1.82) is 0 Å². The third-order valence-corrected chi connectivity index (χ3v) is 2.67. The molecule has 0 bridgehead atoms. The van der Waals surface area contributed by atoms with Gasteiger partial charge in [-0.25, -0.2) is 0 Å². The van der Waals surface area contributed by atoms with Gasteiger partial charge >= 0.3 is 0 Å². The van der Waals surface area contributed by atoms with Gasteiger partial charge in [-0.05, 0) is 18.4 Å². The summed E-state index contributed by atoms with van der Waals surface area (Å²) in [6, 6.07) is 9.42. The fraction of sp³-hybridized carbons (Fsp3) is 0.455. The van der Waals surface area contributed by atoms with E-state index in [9.17, 15) is 0 Å². The molecular formula is C11H15N. The minimum Gasteiger partial charge on any atom is -0.309 e. The number of aryl methyl sites for hydroxylation is 1. The van der Waals surface area contributed by atoms with Crippen LogP contribution in [0.1, 0.15) is 24.1 Å². The molecule has 12 heavy (non-hydrogen) atoms. The van der Waals surface area contributed by atoms with E-state index in [2.05, 4.69) is 43.4 Å². The molecule has 0 aromatic heterocycles. The standard InChI is InChI=1S/C11H15N/c1-8-3-5-10(6-4-8)11-9(2)7-12-11/h3-6,9,11-12H,7H2,1-2H3. The van der Waals surface area contributed by atoms with Gasteiger partial charge in [-0.3, -0.25) is 0 Å². The van der Waals surface area contributed by atoms with Gasteiger partial charge in [0.15, 0.2) is 0 Å². The Bertz CT molecular complexity index is 263. The molecule has 0 spiro atoms. The molecule has 0 aliphatic carbocycles. The second kappa shape index (κ2) is 2.91. The first-order chi connectivity index (χ1) is 5.77. The highest BCUT2D eigenvalue weighted by atomic mass is 15.0.